The molecule has 1 aromatic carbocycles. The number of carbonyl (C=O) groups is 1. The second-order valence-electron chi connectivity index (χ2n) is 6.00. The van der Waals surface area contributed by atoms with Gasteiger partial charge in [-0.2, -0.15) is 5.10 Å². The number of rotatable bonds is 6. The number of amides is 1. The topological polar surface area (TPSA) is 79.9 Å². The number of fused-ring (bicyclic) bond motifs is 1. The van der Waals surface area contributed by atoms with Crippen LogP contribution in [-0.4, -0.2) is 27.7 Å². The number of aryl methyl sites for hydroxylation is 1. The van der Waals surface area contributed by atoms with Crippen LogP contribution in [0.3, 0.4) is 0 Å². The Hall–Kier alpha value is -2.41. The number of H-pyrrole nitrogens is 1. The van der Waals surface area contributed by atoms with E-state index in [0.717, 1.165) is 41.6 Å². The molecule has 6 nitrogen and oxygen atoms in total. The summed E-state index contributed by atoms with van der Waals surface area (Å²) in [5.41, 5.74) is 3.81. The first-order valence-electron chi connectivity index (χ1n) is 8.01. The number of hydrogen-bond acceptors (Lipinski definition) is 5. The summed E-state index contributed by atoms with van der Waals surface area (Å²) in [7, 11) is 0. The molecule has 2 heterocycles. The second-order valence-corrected chi connectivity index (χ2v) is 6.94. The Balaban J connectivity index is 1.45. The number of anilines is 1. The van der Waals surface area contributed by atoms with Gasteiger partial charge in [-0.1, -0.05) is 0 Å². The van der Waals surface area contributed by atoms with Gasteiger partial charge in [0.1, 0.15) is 5.75 Å². The average Bonchev–Trinajstić information content (AvgIpc) is 3.26. The van der Waals surface area contributed by atoms with Crippen LogP contribution in [0.5, 0.6) is 5.75 Å². The van der Waals surface area contributed by atoms with Crippen molar-refractivity contribution in [2.24, 2.45) is 5.92 Å². The molecular weight excluding hydrogens is 324 g/mol. The zero-order chi connectivity index (χ0) is 16.5. The molecular formula is C17H18N4O2S. The Kier molecular flexibility index (Phi) is 3.93. The maximum Gasteiger partial charge on any atom is 0.228 e. The average molecular weight is 342 g/mol. The standard InChI is InChI=1S/C17H18N4O2S/c1-10-15(24-9-18-10)6-7-23-12-4-5-14-13(8-12)16(21-20-14)19-17(22)11-2-3-11/h4-5,8-9,11H,2-3,6-7H2,1H3,(H2,19,20,21,22). The predicted molar refractivity (Wildman–Crippen MR) is 93.5 cm³/mol. The van der Waals surface area contributed by atoms with Gasteiger partial charge in [0, 0.05) is 22.6 Å². The molecule has 0 aliphatic heterocycles. The molecule has 1 aliphatic carbocycles. The van der Waals surface area contributed by atoms with Crippen molar-refractivity contribution < 1.29 is 9.53 Å². The highest BCUT2D eigenvalue weighted by atomic mass is 32.1. The van der Waals surface area contributed by atoms with E-state index in [1.54, 1.807) is 11.3 Å². The number of nitrogens with one attached hydrogen (secondary N) is 2. The summed E-state index contributed by atoms with van der Waals surface area (Å²) in [6, 6.07) is 5.75. The Bertz CT molecular complexity index is 882. The summed E-state index contributed by atoms with van der Waals surface area (Å²) in [4.78, 5) is 17.4. The van der Waals surface area contributed by atoms with E-state index in [0.29, 0.717) is 12.4 Å². The summed E-state index contributed by atoms with van der Waals surface area (Å²) in [6.07, 6.45) is 2.78. The first kappa shape index (κ1) is 15.1. The van der Waals surface area contributed by atoms with E-state index in [2.05, 4.69) is 20.5 Å². The fourth-order valence-electron chi connectivity index (χ4n) is 2.57. The summed E-state index contributed by atoms with van der Waals surface area (Å²) < 4.78 is 5.86. The first-order valence-corrected chi connectivity index (χ1v) is 8.89. The molecule has 24 heavy (non-hydrogen) atoms. The molecule has 0 saturated heterocycles. The Labute approximate surface area is 143 Å². The third-order valence-corrected chi connectivity index (χ3v) is 5.16. The zero-order valence-corrected chi connectivity index (χ0v) is 14.2. The maximum absolute atomic E-state index is 11.9. The molecule has 3 aromatic rings. The molecule has 0 unspecified atom stereocenters. The third kappa shape index (κ3) is 3.12. The SMILES string of the molecule is Cc1ncsc1CCOc1ccc2[nH]nc(NC(=O)C3CC3)c2c1. The Morgan fingerprint density at radius 2 is 2.33 bits per heavy atom. The first-order chi connectivity index (χ1) is 11.7. The maximum atomic E-state index is 11.9. The molecule has 2 N–H and O–H groups in total. The van der Waals surface area contributed by atoms with E-state index < -0.39 is 0 Å². The van der Waals surface area contributed by atoms with Gasteiger partial charge >= 0.3 is 0 Å². The van der Waals surface area contributed by atoms with Gasteiger partial charge in [0.2, 0.25) is 5.91 Å². The lowest BCUT2D eigenvalue weighted by Crippen LogP contribution is -2.13. The predicted octanol–water partition coefficient (Wildman–Crippen LogP) is 3.30. The van der Waals surface area contributed by atoms with Gasteiger partial charge in [0.05, 0.1) is 23.3 Å². The van der Waals surface area contributed by atoms with Gasteiger partial charge < -0.3 is 10.1 Å². The van der Waals surface area contributed by atoms with Crippen molar-refractivity contribution in [1.29, 1.82) is 0 Å². The number of carbonyl (C=O) groups excluding carboxylic acids is 1. The highest BCUT2D eigenvalue weighted by molar-refractivity contribution is 7.09. The minimum absolute atomic E-state index is 0.0513. The van der Waals surface area contributed by atoms with Gasteiger partial charge in [-0.15, -0.1) is 11.3 Å². The van der Waals surface area contributed by atoms with Crippen LogP contribution in [-0.2, 0) is 11.2 Å². The largest absolute Gasteiger partial charge is 0.493 e. The number of nitrogens with zero attached hydrogens (tertiary/aromatic N) is 2. The number of thiazole rings is 1. The fourth-order valence-corrected chi connectivity index (χ4v) is 3.33. The van der Waals surface area contributed by atoms with Gasteiger partial charge in [-0.25, -0.2) is 4.98 Å². The number of ether oxygens (including phenoxy) is 1. The van der Waals surface area contributed by atoms with Crippen LogP contribution in [0.2, 0.25) is 0 Å². The summed E-state index contributed by atoms with van der Waals surface area (Å²) in [5.74, 6) is 1.55. The molecule has 1 fully saturated rings. The molecule has 0 atom stereocenters. The lowest BCUT2D eigenvalue weighted by Gasteiger charge is -2.06. The van der Waals surface area contributed by atoms with E-state index >= 15 is 0 Å². The fraction of sp³-hybridized carbons (Fsp3) is 0.353. The minimum Gasteiger partial charge on any atom is -0.493 e. The van der Waals surface area contributed by atoms with E-state index in [9.17, 15) is 4.79 Å². The van der Waals surface area contributed by atoms with Gasteiger partial charge in [0.25, 0.3) is 0 Å². The van der Waals surface area contributed by atoms with E-state index in [-0.39, 0.29) is 11.8 Å². The minimum atomic E-state index is 0.0513. The molecule has 1 saturated carbocycles. The lowest BCUT2D eigenvalue weighted by molar-refractivity contribution is -0.117. The lowest BCUT2D eigenvalue weighted by atomic mass is 10.2. The summed E-state index contributed by atoms with van der Waals surface area (Å²) in [6.45, 7) is 2.61. The van der Waals surface area contributed by atoms with Crippen molar-refractivity contribution in [3.8, 4) is 5.75 Å². The van der Waals surface area contributed by atoms with Crippen LogP contribution >= 0.6 is 11.3 Å². The van der Waals surface area contributed by atoms with Crippen molar-refractivity contribution in [3.05, 3.63) is 34.3 Å². The van der Waals surface area contributed by atoms with Crippen molar-refractivity contribution in [1.82, 2.24) is 15.2 Å². The van der Waals surface area contributed by atoms with Crippen molar-refractivity contribution in [3.63, 3.8) is 0 Å². The van der Waals surface area contributed by atoms with Gasteiger partial charge in [-0.3, -0.25) is 9.89 Å². The number of aromatic nitrogens is 3. The second kappa shape index (κ2) is 6.24. The Morgan fingerprint density at radius 1 is 1.46 bits per heavy atom. The van der Waals surface area contributed by atoms with Crippen LogP contribution in [0.1, 0.15) is 23.4 Å². The summed E-state index contributed by atoms with van der Waals surface area (Å²) >= 11 is 1.65. The quantitative estimate of drug-likeness (QED) is 0.720. The molecule has 0 bridgehead atoms. The third-order valence-electron chi connectivity index (χ3n) is 4.17. The van der Waals surface area contributed by atoms with Crippen molar-refractivity contribution in [2.45, 2.75) is 26.2 Å². The molecule has 1 amide bonds. The van der Waals surface area contributed by atoms with E-state index in [4.69, 9.17) is 4.74 Å². The van der Waals surface area contributed by atoms with Gasteiger partial charge in [0.15, 0.2) is 5.82 Å². The normalized spacial score (nSPS) is 14.0. The van der Waals surface area contributed by atoms with E-state index in [1.807, 2.05) is 30.6 Å². The van der Waals surface area contributed by atoms with Gasteiger partial charge in [-0.05, 0) is 38.0 Å². The molecule has 0 radical (unpaired) electrons. The smallest absolute Gasteiger partial charge is 0.228 e. The molecule has 4 rings (SSSR count). The van der Waals surface area contributed by atoms with Crippen molar-refractivity contribution in [2.75, 3.05) is 11.9 Å². The number of aromatic amines is 1. The molecule has 7 heteroatoms. The zero-order valence-electron chi connectivity index (χ0n) is 13.3. The van der Waals surface area contributed by atoms with Crippen molar-refractivity contribution >= 4 is 34.0 Å². The molecule has 2 aromatic heterocycles. The summed E-state index contributed by atoms with van der Waals surface area (Å²) in [5, 5.41) is 10.9. The number of hydrogen-bond donors (Lipinski definition) is 2. The molecule has 0 spiro atoms. The highest BCUT2D eigenvalue weighted by Gasteiger charge is 2.30. The monoisotopic (exact) mass is 342 g/mol. The van der Waals surface area contributed by atoms with Crippen LogP contribution < -0.4 is 10.1 Å². The van der Waals surface area contributed by atoms with Crippen LogP contribution in [0, 0.1) is 12.8 Å². The van der Waals surface area contributed by atoms with Crippen LogP contribution in [0.4, 0.5) is 5.82 Å². The molecule has 124 valence electrons. The highest BCUT2D eigenvalue weighted by Crippen LogP contribution is 2.31. The van der Waals surface area contributed by atoms with Crippen LogP contribution in [0.25, 0.3) is 10.9 Å². The van der Waals surface area contributed by atoms with Crippen LogP contribution in [0.15, 0.2) is 23.7 Å². The van der Waals surface area contributed by atoms with E-state index in [1.165, 1.54) is 4.88 Å². The Morgan fingerprint density at radius 3 is 3.08 bits per heavy atom. The number of benzene rings is 1. The molecule has 1 aliphatic rings.